The van der Waals surface area contributed by atoms with E-state index in [4.69, 9.17) is 16.3 Å². The zero-order chi connectivity index (χ0) is 14.4. The number of Topliss-reactive ketones (excluding diaryl/α,β-unsaturated/α-hetero) is 1. The van der Waals surface area contributed by atoms with Gasteiger partial charge in [0.2, 0.25) is 0 Å². The monoisotopic (exact) mass is 294 g/mol. The fourth-order valence-electron chi connectivity index (χ4n) is 2.70. The zero-order valence-electron chi connectivity index (χ0n) is 12.2. The van der Waals surface area contributed by atoms with Gasteiger partial charge in [-0.1, -0.05) is 26.2 Å². The number of fused-ring (bicyclic) bond motifs is 1. The Balaban J connectivity index is 1.92. The molecule has 1 aliphatic heterocycles. The number of carbonyl (C=O) groups is 1. The summed E-state index contributed by atoms with van der Waals surface area (Å²) in [4.78, 5) is 11.6. The van der Waals surface area contributed by atoms with E-state index in [-0.39, 0.29) is 11.7 Å². The second kappa shape index (κ2) is 7.68. The third-order valence-electron chi connectivity index (χ3n) is 3.91. The van der Waals surface area contributed by atoms with E-state index in [1.165, 1.54) is 25.7 Å². The minimum Gasteiger partial charge on any atom is -0.490 e. The smallest absolute Gasteiger partial charge is 0.177 e. The highest BCUT2D eigenvalue weighted by Crippen LogP contribution is 2.30. The molecule has 0 aliphatic carbocycles. The molecule has 3 heteroatoms. The molecule has 20 heavy (non-hydrogen) atoms. The number of aryl methyl sites for hydroxylation is 1. The van der Waals surface area contributed by atoms with Crippen molar-refractivity contribution in [2.45, 2.75) is 58.0 Å². The fourth-order valence-corrected chi connectivity index (χ4v) is 2.85. The topological polar surface area (TPSA) is 26.3 Å². The Morgan fingerprint density at radius 1 is 1.35 bits per heavy atom. The van der Waals surface area contributed by atoms with Crippen molar-refractivity contribution in [2.24, 2.45) is 0 Å². The molecule has 1 aromatic carbocycles. The van der Waals surface area contributed by atoms with Crippen molar-refractivity contribution in [3.63, 3.8) is 0 Å². The summed E-state index contributed by atoms with van der Waals surface area (Å²) in [5.74, 6) is 0.971. The van der Waals surface area contributed by atoms with Crippen LogP contribution >= 0.6 is 11.6 Å². The van der Waals surface area contributed by atoms with Crippen molar-refractivity contribution in [1.82, 2.24) is 0 Å². The molecule has 0 N–H and O–H groups in total. The van der Waals surface area contributed by atoms with Crippen LogP contribution in [0, 0.1) is 0 Å². The van der Waals surface area contributed by atoms with Crippen LogP contribution in [0.25, 0.3) is 0 Å². The number of ether oxygens (including phenoxy) is 1. The molecule has 1 heterocycles. The summed E-state index contributed by atoms with van der Waals surface area (Å²) >= 11 is 5.59. The Morgan fingerprint density at radius 2 is 2.20 bits per heavy atom. The molecule has 0 bridgehead atoms. The van der Waals surface area contributed by atoms with E-state index in [9.17, 15) is 4.79 Å². The van der Waals surface area contributed by atoms with Gasteiger partial charge in [-0.2, -0.15) is 0 Å². The Hall–Kier alpha value is -1.02. The van der Waals surface area contributed by atoms with Crippen molar-refractivity contribution in [3.8, 4) is 5.75 Å². The first-order valence-corrected chi connectivity index (χ1v) is 8.16. The molecule has 1 unspecified atom stereocenters. The van der Waals surface area contributed by atoms with Crippen LogP contribution in [-0.4, -0.2) is 17.8 Å². The van der Waals surface area contributed by atoms with E-state index in [1.807, 2.05) is 18.2 Å². The normalized spacial score (nSPS) is 17.4. The van der Waals surface area contributed by atoms with Crippen molar-refractivity contribution < 1.29 is 9.53 Å². The summed E-state index contributed by atoms with van der Waals surface area (Å²) in [6.45, 7) is 2.23. The number of alkyl halides is 1. The lowest BCUT2D eigenvalue weighted by Gasteiger charge is -2.26. The number of hydrogen-bond acceptors (Lipinski definition) is 2. The maximum Gasteiger partial charge on any atom is 0.177 e. The largest absolute Gasteiger partial charge is 0.490 e. The first-order chi connectivity index (χ1) is 9.74. The number of hydrogen-bond donors (Lipinski definition) is 0. The van der Waals surface area contributed by atoms with E-state index in [0.717, 1.165) is 30.6 Å². The van der Waals surface area contributed by atoms with Crippen molar-refractivity contribution >= 4 is 17.4 Å². The van der Waals surface area contributed by atoms with Crippen molar-refractivity contribution in [3.05, 3.63) is 29.3 Å². The molecule has 2 nitrogen and oxygen atoms in total. The van der Waals surface area contributed by atoms with Crippen LogP contribution in [0.5, 0.6) is 5.75 Å². The molecule has 1 aromatic rings. The molecule has 0 spiro atoms. The SMILES string of the molecule is CCCCCCC1CCc2cc(C(=O)CCl)ccc2O1. The predicted molar refractivity (Wildman–Crippen MR) is 83.0 cm³/mol. The van der Waals surface area contributed by atoms with Crippen molar-refractivity contribution in [2.75, 3.05) is 5.88 Å². The standard InChI is InChI=1S/C17H23ClO2/c1-2-3-4-5-6-15-9-7-14-11-13(16(19)12-18)8-10-17(14)20-15/h8,10-11,15H,2-7,9,12H2,1H3. The van der Waals surface area contributed by atoms with Crippen LogP contribution in [0.1, 0.15) is 61.4 Å². The summed E-state index contributed by atoms with van der Waals surface area (Å²) in [5.41, 5.74) is 1.84. The van der Waals surface area contributed by atoms with E-state index in [2.05, 4.69) is 6.92 Å². The van der Waals surface area contributed by atoms with Crippen LogP contribution in [0.4, 0.5) is 0 Å². The third-order valence-corrected chi connectivity index (χ3v) is 4.16. The Labute approximate surface area is 126 Å². The first kappa shape index (κ1) is 15.4. The van der Waals surface area contributed by atoms with Gasteiger partial charge in [-0.3, -0.25) is 4.79 Å². The molecule has 1 aliphatic rings. The number of benzene rings is 1. The van der Waals surface area contributed by atoms with Gasteiger partial charge < -0.3 is 4.74 Å². The van der Waals surface area contributed by atoms with Gasteiger partial charge in [0.05, 0.1) is 12.0 Å². The van der Waals surface area contributed by atoms with Crippen LogP contribution in [-0.2, 0) is 6.42 Å². The van der Waals surface area contributed by atoms with Gasteiger partial charge in [0.25, 0.3) is 0 Å². The lowest BCUT2D eigenvalue weighted by Crippen LogP contribution is -2.22. The number of ketones is 1. The Bertz CT molecular complexity index is 456. The highest BCUT2D eigenvalue weighted by Gasteiger charge is 2.20. The lowest BCUT2D eigenvalue weighted by molar-refractivity contribution is 0.102. The van der Waals surface area contributed by atoms with Crippen LogP contribution < -0.4 is 4.74 Å². The Kier molecular flexibility index (Phi) is 5.90. The van der Waals surface area contributed by atoms with Crippen LogP contribution in [0.15, 0.2) is 18.2 Å². The predicted octanol–water partition coefficient (Wildman–Crippen LogP) is 4.77. The maximum atomic E-state index is 11.6. The number of rotatable bonds is 7. The molecule has 1 atom stereocenters. The molecule has 0 radical (unpaired) electrons. The van der Waals surface area contributed by atoms with Gasteiger partial charge in [-0.15, -0.1) is 11.6 Å². The summed E-state index contributed by atoms with van der Waals surface area (Å²) in [6.07, 6.45) is 8.66. The van der Waals surface area contributed by atoms with Crippen molar-refractivity contribution in [1.29, 1.82) is 0 Å². The molecule has 0 saturated heterocycles. The Morgan fingerprint density at radius 3 is 2.95 bits per heavy atom. The quantitative estimate of drug-likeness (QED) is 0.411. The first-order valence-electron chi connectivity index (χ1n) is 7.63. The maximum absolute atomic E-state index is 11.6. The summed E-state index contributed by atoms with van der Waals surface area (Å²) < 4.78 is 6.04. The molecule has 2 rings (SSSR count). The minimum absolute atomic E-state index is 0.0174. The van der Waals surface area contributed by atoms with Gasteiger partial charge in [-0.25, -0.2) is 0 Å². The fraction of sp³-hybridized carbons (Fsp3) is 0.588. The molecule has 0 fully saturated rings. The third kappa shape index (κ3) is 3.99. The molecular weight excluding hydrogens is 272 g/mol. The van der Waals surface area contributed by atoms with Crippen LogP contribution in [0.3, 0.4) is 0 Å². The average Bonchev–Trinajstić information content (AvgIpc) is 2.50. The molecule has 0 aromatic heterocycles. The minimum atomic E-state index is -0.0174. The van der Waals surface area contributed by atoms with E-state index in [0.29, 0.717) is 11.7 Å². The molecule has 110 valence electrons. The number of halogens is 1. The van der Waals surface area contributed by atoms with Gasteiger partial charge in [0.15, 0.2) is 5.78 Å². The number of unbranched alkanes of at least 4 members (excludes halogenated alkanes) is 3. The molecule has 0 amide bonds. The highest BCUT2D eigenvalue weighted by atomic mass is 35.5. The van der Waals surface area contributed by atoms with E-state index in [1.54, 1.807) is 0 Å². The number of carbonyl (C=O) groups excluding carboxylic acids is 1. The van der Waals surface area contributed by atoms with Gasteiger partial charge >= 0.3 is 0 Å². The van der Waals surface area contributed by atoms with Crippen LogP contribution in [0.2, 0.25) is 0 Å². The van der Waals surface area contributed by atoms with E-state index >= 15 is 0 Å². The lowest BCUT2D eigenvalue weighted by atomic mass is 9.96. The van der Waals surface area contributed by atoms with Gasteiger partial charge in [0, 0.05) is 5.56 Å². The summed E-state index contributed by atoms with van der Waals surface area (Å²) in [6, 6.07) is 5.68. The average molecular weight is 295 g/mol. The van der Waals surface area contributed by atoms with Gasteiger partial charge in [0.1, 0.15) is 5.75 Å². The zero-order valence-corrected chi connectivity index (χ0v) is 12.9. The summed E-state index contributed by atoms with van der Waals surface area (Å²) in [5, 5.41) is 0. The molecule has 0 saturated carbocycles. The van der Waals surface area contributed by atoms with Gasteiger partial charge in [-0.05, 0) is 49.4 Å². The summed E-state index contributed by atoms with van der Waals surface area (Å²) in [7, 11) is 0. The second-order valence-corrected chi connectivity index (χ2v) is 5.77. The highest BCUT2D eigenvalue weighted by molar-refractivity contribution is 6.30. The second-order valence-electron chi connectivity index (χ2n) is 5.51. The molecular formula is C17H23ClO2. The van der Waals surface area contributed by atoms with E-state index < -0.39 is 0 Å².